The summed E-state index contributed by atoms with van der Waals surface area (Å²) in [6.07, 6.45) is 5.24. The maximum absolute atomic E-state index is 15.0. The topological polar surface area (TPSA) is 151 Å². The van der Waals surface area contributed by atoms with Gasteiger partial charge in [-0.3, -0.25) is 9.98 Å². The number of nitrogens with one attached hydrogen (secondary N) is 4. The van der Waals surface area contributed by atoms with Gasteiger partial charge in [0.2, 0.25) is 0 Å². The van der Waals surface area contributed by atoms with Crippen LogP contribution < -0.4 is 27.8 Å². The Morgan fingerprint density at radius 1 is 1.15 bits per heavy atom. The number of rotatable bonds is 12. The van der Waals surface area contributed by atoms with Crippen molar-refractivity contribution in [2.24, 2.45) is 11.5 Å². The van der Waals surface area contributed by atoms with E-state index >= 15 is 4.39 Å². The number of hydrogen-bond acceptors (Lipinski definition) is 5. The number of benzene rings is 2. The second-order valence-electron chi connectivity index (χ2n) is 10.5. The zero-order valence-corrected chi connectivity index (χ0v) is 23.4. The molecule has 0 saturated heterocycles. The number of aryl methyl sites for hydroxylation is 2. The first kappa shape index (κ1) is 29.0. The van der Waals surface area contributed by atoms with E-state index in [0.717, 1.165) is 48.9 Å². The van der Waals surface area contributed by atoms with E-state index in [4.69, 9.17) is 16.9 Å². The lowest BCUT2D eigenvalue weighted by molar-refractivity contribution is 0.555. The van der Waals surface area contributed by atoms with Gasteiger partial charge < -0.3 is 27.1 Å². The molecule has 0 amide bonds. The molecule has 9 nitrogen and oxygen atoms in total. The lowest BCUT2D eigenvalue weighted by Crippen LogP contribution is -2.32. The second kappa shape index (κ2) is 12.9. The number of guanidine groups is 1. The van der Waals surface area contributed by atoms with Gasteiger partial charge in [0.25, 0.3) is 0 Å². The van der Waals surface area contributed by atoms with Gasteiger partial charge in [0.15, 0.2) is 5.96 Å². The maximum atomic E-state index is 15.0. The normalized spacial score (nSPS) is 12.9. The van der Waals surface area contributed by atoms with Gasteiger partial charge in [0, 0.05) is 35.8 Å². The molecule has 40 heavy (non-hydrogen) atoms. The summed E-state index contributed by atoms with van der Waals surface area (Å²) in [5, 5.41) is 14.1. The molecular formula is C30H39FN8O. The van der Waals surface area contributed by atoms with Gasteiger partial charge in [-0.1, -0.05) is 12.1 Å². The number of nitrogens with zero attached hydrogens (tertiary/aromatic N) is 2. The van der Waals surface area contributed by atoms with E-state index < -0.39 is 5.69 Å². The van der Waals surface area contributed by atoms with Crippen molar-refractivity contribution < 1.29 is 4.39 Å². The third-order valence-electron chi connectivity index (χ3n) is 7.12. The number of aromatic amines is 1. The molecule has 8 N–H and O–H groups in total. The first-order chi connectivity index (χ1) is 19.1. The van der Waals surface area contributed by atoms with E-state index in [0.29, 0.717) is 34.5 Å². The fraction of sp³-hybridized carbons (Fsp3) is 0.367. The summed E-state index contributed by atoms with van der Waals surface area (Å²) in [4.78, 5) is 20.3. The average molecular weight is 547 g/mol. The molecule has 0 aliphatic rings. The fourth-order valence-electron chi connectivity index (χ4n) is 4.80. The van der Waals surface area contributed by atoms with Crippen molar-refractivity contribution in [3.8, 4) is 16.9 Å². The average Bonchev–Trinajstić information content (AvgIpc) is 3.31. The van der Waals surface area contributed by atoms with E-state index in [1.54, 1.807) is 12.3 Å². The lowest BCUT2D eigenvalue weighted by atomic mass is 9.97. The van der Waals surface area contributed by atoms with E-state index in [-0.39, 0.29) is 23.9 Å². The van der Waals surface area contributed by atoms with Gasteiger partial charge in [0.05, 0.1) is 11.4 Å². The number of H-pyrrole nitrogens is 1. The molecule has 4 aromatic rings. The molecule has 0 bridgehead atoms. The summed E-state index contributed by atoms with van der Waals surface area (Å²) in [5.41, 5.74) is 16.0. The number of aromatic nitrogens is 3. The Labute approximate surface area is 233 Å². The molecule has 0 saturated carbocycles. The standard InChI is InChI=1S/C30H39FN8O/c1-18-14-26(31)25(15-22(18)7-4-6-19(2)32)27-16-23-17-39(30(40)38-28(23)37-27)24-10-8-21(9-11-24)20(3)35-12-5-13-36-29(33)34/h8-11,14-17,19-20,35H,4-7,12-13,32H2,1-3H3,(H4,33,34,36)(H,37,38,40)/t19-,20-/m0/s1. The quantitative estimate of drug-likeness (QED) is 0.0897. The van der Waals surface area contributed by atoms with Crippen molar-refractivity contribution in [2.45, 2.75) is 58.5 Å². The third kappa shape index (κ3) is 7.13. The minimum absolute atomic E-state index is 0.0253. The van der Waals surface area contributed by atoms with Gasteiger partial charge in [-0.2, -0.15) is 4.98 Å². The van der Waals surface area contributed by atoms with E-state index in [1.807, 2.05) is 50.2 Å². The van der Waals surface area contributed by atoms with Gasteiger partial charge in [-0.25, -0.2) is 9.18 Å². The van der Waals surface area contributed by atoms with Crippen LogP contribution in [0.25, 0.3) is 28.0 Å². The first-order valence-electron chi connectivity index (χ1n) is 13.7. The van der Waals surface area contributed by atoms with E-state index in [9.17, 15) is 4.79 Å². The lowest BCUT2D eigenvalue weighted by Gasteiger charge is -2.15. The molecule has 0 fully saturated rings. The molecule has 0 aliphatic heterocycles. The molecule has 0 spiro atoms. The van der Waals surface area contributed by atoms with Crippen LogP contribution in [-0.2, 0) is 6.42 Å². The summed E-state index contributed by atoms with van der Waals surface area (Å²) in [6.45, 7) is 7.39. The molecule has 0 radical (unpaired) electrons. The van der Waals surface area contributed by atoms with Crippen LogP contribution in [0.4, 0.5) is 4.39 Å². The number of halogens is 1. The summed E-state index contributed by atoms with van der Waals surface area (Å²) in [7, 11) is 0. The minimum Gasteiger partial charge on any atom is -0.370 e. The molecule has 2 heterocycles. The van der Waals surface area contributed by atoms with Gasteiger partial charge in [-0.15, -0.1) is 0 Å². The Bertz CT molecular complexity index is 1520. The van der Waals surface area contributed by atoms with Crippen LogP contribution in [0.2, 0.25) is 0 Å². The Morgan fingerprint density at radius 3 is 2.60 bits per heavy atom. The molecule has 2 aromatic heterocycles. The van der Waals surface area contributed by atoms with Crippen molar-refractivity contribution in [2.75, 3.05) is 13.1 Å². The van der Waals surface area contributed by atoms with Gasteiger partial charge in [0.1, 0.15) is 11.5 Å². The molecule has 4 rings (SSSR count). The number of hydrogen-bond donors (Lipinski definition) is 6. The summed E-state index contributed by atoms with van der Waals surface area (Å²) >= 11 is 0. The third-order valence-corrected chi connectivity index (χ3v) is 7.12. The number of nitrogens with two attached hydrogens (primary N) is 2. The zero-order chi connectivity index (χ0) is 28.8. The molecule has 2 atom stereocenters. The van der Waals surface area contributed by atoms with Crippen LogP contribution >= 0.6 is 0 Å². The predicted molar refractivity (Wildman–Crippen MR) is 159 cm³/mol. The molecule has 0 unspecified atom stereocenters. The Hall–Kier alpha value is -4.02. The highest BCUT2D eigenvalue weighted by Crippen LogP contribution is 2.29. The Balaban J connectivity index is 1.52. The van der Waals surface area contributed by atoms with Gasteiger partial charge in [-0.05, 0) is 100 Å². The fourth-order valence-corrected chi connectivity index (χ4v) is 4.80. The van der Waals surface area contributed by atoms with Crippen LogP contribution in [0.3, 0.4) is 0 Å². The van der Waals surface area contributed by atoms with Crippen molar-refractivity contribution in [1.29, 1.82) is 5.41 Å². The van der Waals surface area contributed by atoms with Crippen LogP contribution in [-0.4, -0.2) is 39.6 Å². The number of fused-ring (bicyclic) bond motifs is 1. The summed E-state index contributed by atoms with van der Waals surface area (Å²) in [5.74, 6) is -0.341. The van der Waals surface area contributed by atoms with Crippen molar-refractivity contribution in [3.05, 3.63) is 81.7 Å². The summed E-state index contributed by atoms with van der Waals surface area (Å²) < 4.78 is 16.5. The molecule has 212 valence electrons. The maximum Gasteiger partial charge on any atom is 0.354 e. The van der Waals surface area contributed by atoms with Crippen molar-refractivity contribution >= 4 is 17.0 Å². The van der Waals surface area contributed by atoms with E-state index in [1.165, 1.54) is 4.57 Å². The minimum atomic E-state index is -0.418. The van der Waals surface area contributed by atoms with Crippen molar-refractivity contribution in [3.63, 3.8) is 0 Å². The highest BCUT2D eigenvalue weighted by molar-refractivity contribution is 5.83. The molecule has 10 heteroatoms. The van der Waals surface area contributed by atoms with Crippen LogP contribution in [0.15, 0.2) is 53.5 Å². The van der Waals surface area contributed by atoms with E-state index in [2.05, 4.69) is 27.5 Å². The largest absolute Gasteiger partial charge is 0.370 e. The monoisotopic (exact) mass is 546 g/mol. The zero-order valence-electron chi connectivity index (χ0n) is 23.4. The van der Waals surface area contributed by atoms with Crippen molar-refractivity contribution in [1.82, 2.24) is 25.2 Å². The van der Waals surface area contributed by atoms with Crippen LogP contribution in [0.5, 0.6) is 0 Å². The summed E-state index contributed by atoms with van der Waals surface area (Å²) in [6, 6.07) is 13.3. The smallest absolute Gasteiger partial charge is 0.354 e. The Morgan fingerprint density at radius 2 is 1.90 bits per heavy atom. The second-order valence-corrected chi connectivity index (χ2v) is 10.5. The van der Waals surface area contributed by atoms with Crippen LogP contribution in [0.1, 0.15) is 55.8 Å². The molecular weight excluding hydrogens is 507 g/mol. The highest BCUT2D eigenvalue weighted by atomic mass is 19.1. The molecule has 0 aliphatic carbocycles. The SMILES string of the molecule is Cc1cc(F)c(-c2cc3cn(-c4ccc([C@H](C)NCCCNC(=N)N)cc4)c(=O)nc3[nH]2)cc1CCC[C@H](C)N. The van der Waals surface area contributed by atoms with Crippen LogP contribution in [0, 0.1) is 18.2 Å². The Kier molecular flexibility index (Phi) is 9.34. The predicted octanol–water partition coefficient (Wildman–Crippen LogP) is 4.02. The first-order valence-corrected chi connectivity index (χ1v) is 13.7. The molecule has 2 aromatic carbocycles. The highest BCUT2D eigenvalue weighted by Gasteiger charge is 2.14. The van der Waals surface area contributed by atoms with Gasteiger partial charge >= 0.3 is 5.69 Å².